The Morgan fingerprint density at radius 2 is 1.72 bits per heavy atom. The molecule has 0 bridgehead atoms. The van der Waals surface area contributed by atoms with E-state index >= 15 is 0 Å². The lowest BCUT2D eigenvalue weighted by Crippen LogP contribution is -2.32. The second kappa shape index (κ2) is 6.12. The number of nitrogens with one attached hydrogen (secondary N) is 1. The van der Waals surface area contributed by atoms with Crippen molar-refractivity contribution in [3.8, 4) is 0 Å². The van der Waals surface area contributed by atoms with Crippen molar-refractivity contribution in [1.82, 2.24) is 5.32 Å². The van der Waals surface area contributed by atoms with Crippen molar-refractivity contribution in [3.63, 3.8) is 0 Å². The number of rotatable bonds is 3. The molecule has 1 heterocycles. The second-order valence-electron chi connectivity index (χ2n) is 6.21. The molecule has 1 N–H and O–H groups in total. The van der Waals surface area contributed by atoms with Crippen LogP contribution in [0.2, 0.25) is 0 Å². The smallest absolute Gasteiger partial charge is 0.0208 e. The summed E-state index contributed by atoms with van der Waals surface area (Å²) in [6.07, 6.45) is 2.65. The molecule has 1 aliphatic rings. The minimum atomic E-state index is 0.256. The van der Waals surface area contributed by atoms with E-state index in [1.165, 1.54) is 35.5 Å². The average Bonchev–Trinajstić information content (AvgIpc) is 2.37. The molecular weight excluding hydrogens is 238 g/mol. The lowest BCUT2D eigenvalue weighted by atomic mass is 9.87. The first kappa shape index (κ1) is 14.0. The summed E-state index contributed by atoms with van der Waals surface area (Å²) in [6, 6.07) is 9.81. The normalized spacial score (nSPS) is 17.9. The summed E-state index contributed by atoms with van der Waals surface area (Å²) in [4.78, 5) is 0. The predicted molar refractivity (Wildman–Crippen MR) is 82.3 cm³/mol. The molecule has 0 amide bonds. The predicted octanol–water partition coefficient (Wildman–Crippen LogP) is 3.97. The molecule has 18 heavy (non-hydrogen) atoms. The van der Waals surface area contributed by atoms with Gasteiger partial charge >= 0.3 is 0 Å². The first-order chi connectivity index (χ1) is 8.55. The van der Waals surface area contributed by atoms with E-state index in [-0.39, 0.29) is 5.41 Å². The van der Waals surface area contributed by atoms with E-state index in [2.05, 4.69) is 62.1 Å². The molecule has 1 aromatic carbocycles. The summed E-state index contributed by atoms with van der Waals surface area (Å²) >= 11 is 2.09. The van der Waals surface area contributed by atoms with Crippen LogP contribution in [0.3, 0.4) is 0 Å². The van der Waals surface area contributed by atoms with Crippen LogP contribution in [-0.4, -0.2) is 17.5 Å². The highest BCUT2D eigenvalue weighted by Crippen LogP contribution is 2.22. The van der Waals surface area contributed by atoms with Gasteiger partial charge in [0.2, 0.25) is 0 Å². The van der Waals surface area contributed by atoms with Gasteiger partial charge in [0.15, 0.2) is 0 Å². The largest absolute Gasteiger partial charge is 0.310 e. The third-order valence-corrected chi connectivity index (χ3v) is 4.68. The van der Waals surface area contributed by atoms with Crippen molar-refractivity contribution >= 4 is 11.8 Å². The van der Waals surface area contributed by atoms with Gasteiger partial charge in [-0.05, 0) is 40.9 Å². The lowest BCUT2D eigenvalue weighted by Gasteiger charge is -2.23. The Kier molecular flexibility index (Phi) is 4.74. The van der Waals surface area contributed by atoms with E-state index in [9.17, 15) is 0 Å². The zero-order valence-electron chi connectivity index (χ0n) is 11.8. The Labute approximate surface area is 116 Å². The molecule has 1 nitrogen and oxygen atoms in total. The number of hydrogen-bond donors (Lipinski definition) is 1. The van der Waals surface area contributed by atoms with Crippen LogP contribution in [0.4, 0.5) is 0 Å². The van der Waals surface area contributed by atoms with E-state index in [0.29, 0.717) is 0 Å². The van der Waals surface area contributed by atoms with Crippen LogP contribution in [0.25, 0.3) is 0 Å². The maximum atomic E-state index is 3.68. The van der Waals surface area contributed by atoms with Crippen molar-refractivity contribution in [2.24, 2.45) is 0 Å². The molecule has 0 saturated carbocycles. The van der Waals surface area contributed by atoms with Gasteiger partial charge in [0, 0.05) is 12.6 Å². The van der Waals surface area contributed by atoms with Gasteiger partial charge in [-0.2, -0.15) is 11.8 Å². The van der Waals surface area contributed by atoms with Crippen LogP contribution in [0.1, 0.15) is 44.7 Å². The first-order valence-electron chi connectivity index (χ1n) is 6.96. The average molecular weight is 263 g/mol. The van der Waals surface area contributed by atoms with Crippen molar-refractivity contribution in [3.05, 3.63) is 35.4 Å². The Balaban J connectivity index is 1.86. The molecule has 1 aliphatic heterocycles. The number of hydrogen-bond acceptors (Lipinski definition) is 2. The van der Waals surface area contributed by atoms with Crippen molar-refractivity contribution in [1.29, 1.82) is 0 Å². The van der Waals surface area contributed by atoms with Crippen LogP contribution >= 0.6 is 11.8 Å². The number of benzene rings is 1. The minimum absolute atomic E-state index is 0.256. The summed E-state index contributed by atoms with van der Waals surface area (Å²) < 4.78 is 0. The highest BCUT2D eigenvalue weighted by molar-refractivity contribution is 7.99. The van der Waals surface area contributed by atoms with Crippen LogP contribution in [0.5, 0.6) is 0 Å². The Morgan fingerprint density at radius 1 is 1.11 bits per heavy atom. The summed E-state index contributed by atoms with van der Waals surface area (Å²) in [5, 5.41) is 3.68. The highest BCUT2D eigenvalue weighted by Gasteiger charge is 2.14. The molecule has 0 atom stereocenters. The van der Waals surface area contributed by atoms with Crippen LogP contribution in [0.15, 0.2) is 24.3 Å². The van der Waals surface area contributed by atoms with Gasteiger partial charge in [-0.1, -0.05) is 45.0 Å². The van der Waals surface area contributed by atoms with Gasteiger partial charge in [-0.3, -0.25) is 0 Å². The van der Waals surface area contributed by atoms with Crippen molar-refractivity contribution < 1.29 is 0 Å². The SMILES string of the molecule is CC(C)(C)c1ccc(CNC2CCSCC2)cc1. The lowest BCUT2D eigenvalue weighted by molar-refractivity contribution is 0.482. The van der Waals surface area contributed by atoms with E-state index in [1.807, 2.05) is 0 Å². The second-order valence-corrected chi connectivity index (χ2v) is 7.44. The molecular formula is C16H25NS. The minimum Gasteiger partial charge on any atom is -0.310 e. The van der Waals surface area contributed by atoms with Crippen LogP contribution in [0, 0.1) is 0 Å². The van der Waals surface area contributed by atoms with Gasteiger partial charge in [0.05, 0.1) is 0 Å². The van der Waals surface area contributed by atoms with Crippen LogP contribution in [-0.2, 0) is 12.0 Å². The topological polar surface area (TPSA) is 12.0 Å². The maximum absolute atomic E-state index is 3.68. The molecule has 100 valence electrons. The van der Waals surface area contributed by atoms with Crippen molar-refractivity contribution in [2.45, 2.75) is 51.6 Å². The Hall–Kier alpha value is -0.470. The molecule has 0 unspecified atom stereocenters. The maximum Gasteiger partial charge on any atom is 0.0208 e. The highest BCUT2D eigenvalue weighted by atomic mass is 32.2. The zero-order valence-corrected chi connectivity index (χ0v) is 12.6. The Morgan fingerprint density at radius 3 is 2.28 bits per heavy atom. The van der Waals surface area contributed by atoms with Gasteiger partial charge in [-0.15, -0.1) is 0 Å². The van der Waals surface area contributed by atoms with E-state index < -0.39 is 0 Å². The molecule has 0 aliphatic carbocycles. The van der Waals surface area contributed by atoms with E-state index in [1.54, 1.807) is 0 Å². The summed E-state index contributed by atoms with van der Waals surface area (Å²) in [6.45, 7) is 7.81. The van der Waals surface area contributed by atoms with Gasteiger partial charge in [0.25, 0.3) is 0 Å². The molecule has 1 saturated heterocycles. The summed E-state index contributed by atoms with van der Waals surface area (Å²) in [5.74, 6) is 2.64. The van der Waals surface area contributed by atoms with E-state index in [0.717, 1.165) is 12.6 Å². The molecule has 0 spiro atoms. The standard InChI is InChI=1S/C16H25NS/c1-16(2,3)14-6-4-13(5-7-14)12-17-15-8-10-18-11-9-15/h4-7,15,17H,8-12H2,1-3H3. The van der Waals surface area contributed by atoms with E-state index in [4.69, 9.17) is 0 Å². The third kappa shape index (κ3) is 4.03. The molecule has 1 aromatic rings. The summed E-state index contributed by atoms with van der Waals surface area (Å²) in [7, 11) is 0. The fourth-order valence-electron chi connectivity index (χ4n) is 2.29. The van der Waals surface area contributed by atoms with Crippen LogP contribution < -0.4 is 5.32 Å². The third-order valence-electron chi connectivity index (χ3n) is 3.64. The van der Waals surface area contributed by atoms with Crippen molar-refractivity contribution in [2.75, 3.05) is 11.5 Å². The quantitative estimate of drug-likeness (QED) is 0.885. The first-order valence-corrected chi connectivity index (χ1v) is 8.12. The Bertz CT molecular complexity index is 358. The molecule has 2 heteroatoms. The fraction of sp³-hybridized carbons (Fsp3) is 0.625. The monoisotopic (exact) mass is 263 g/mol. The summed E-state index contributed by atoms with van der Waals surface area (Å²) in [5.41, 5.74) is 3.08. The fourth-order valence-corrected chi connectivity index (χ4v) is 3.39. The molecule has 0 aromatic heterocycles. The zero-order chi connectivity index (χ0) is 13.0. The molecule has 1 fully saturated rings. The van der Waals surface area contributed by atoms with Gasteiger partial charge in [0.1, 0.15) is 0 Å². The van der Waals surface area contributed by atoms with Gasteiger partial charge in [-0.25, -0.2) is 0 Å². The van der Waals surface area contributed by atoms with Gasteiger partial charge < -0.3 is 5.32 Å². The molecule has 0 radical (unpaired) electrons. The molecule has 2 rings (SSSR count). The number of thioether (sulfide) groups is 1.